The first-order valence-corrected chi connectivity index (χ1v) is 6.75. The van der Waals surface area contributed by atoms with Gasteiger partial charge < -0.3 is 15.2 Å². The molecule has 0 unspecified atom stereocenters. The van der Waals surface area contributed by atoms with E-state index in [1.165, 1.54) is 5.56 Å². The molecule has 20 heavy (non-hydrogen) atoms. The molecule has 2 N–H and O–H groups in total. The quantitative estimate of drug-likeness (QED) is 0.848. The molecule has 1 aromatic heterocycles. The second kappa shape index (κ2) is 5.85. The van der Waals surface area contributed by atoms with Gasteiger partial charge in [-0.1, -0.05) is 12.1 Å². The molecule has 1 aliphatic rings. The van der Waals surface area contributed by atoms with E-state index in [1.54, 1.807) is 0 Å². The number of rotatable bonds is 1. The molecule has 3 rings (SSSR count). The van der Waals surface area contributed by atoms with E-state index in [0.29, 0.717) is 11.7 Å². The van der Waals surface area contributed by atoms with E-state index in [0.717, 1.165) is 30.5 Å². The van der Waals surface area contributed by atoms with Gasteiger partial charge in [0.2, 0.25) is 0 Å². The summed E-state index contributed by atoms with van der Waals surface area (Å²) in [7, 11) is 0. The van der Waals surface area contributed by atoms with Crippen LogP contribution in [0.15, 0.2) is 24.3 Å². The third kappa shape index (κ3) is 2.81. The first-order chi connectivity index (χ1) is 9.13. The number of aromatic nitrogens is 1. The van der Waals surface area contributed by atoms with Crippen molar-refractivity contribution >= 4 is 29.2 Å². The lowest BCUT2D eigenvalue weighted by atomic mass is 10.2. The zero-order valence-corrected chi connectivity index (χ0v) is 12.6. The second-order valence-electron chi connectivity index (χ2n) is 5.38. The summed E-state index contributed by atoms with van der Waals surface area (Å²) in [6.07, 6.45) is 0. The van der Waals surface area contributed by atoms with Gasteiger partial charge in [-0.25, -0.2) is 0 Å². The minimum Gasteiger partial charge on any atom is -0.351 e. The largest absolute Gasteiger partial charge is 0.351 e. The van der Waals surface area contributed by atoms with Crippen LogP contribution in [0.25, 0.3) is 10.9 Å². The molecule has 4 nitrogen and oxygen atoms in total. The number of carbonyl (C=O) groups is 1. The van der Waals surface area contributed by atoms with Crippen molar-refractivity contribution in [1.82, 2.24) is 15.2 Å². The number of benzene rings is 1. The van der Waals surface area contributed by atoms with Crippen molar-refractivity contribution < 1.29 is 4.79 Å². The molecule has 0 spiro atoms. The minimum atomic E-state index is 0. The molecule has 0 saturated carbocycles. The van der Waals surface area contributed by atoms with Crippen molar-refractivity contribution in [3.05, 3.63) is 35.5 Å². The van der Waals surface area contributed by atoms with Gasteiger partial charge in [-0.15, -0.1) is 12.4 Å². The number of H-pyrrole nitrogens is 1. The maximum absolute atomic E-state index is 12.5. The summed E-state index contributed by atoms with van der Waals surface area (Å²) in [5.74, 6) is 0.0993. The number of halogens is 1. The number of amides is 1. The van der Waals surface area contributed by atoms with Gasteiger partial charge in [-0.05, 0) is 31.5 Å². The Labute approximate surface area is 124 Å². The molecule has 1 saturated heterocycles. The van der Waals surface area contributed by atoms with Crippen molar-refractivity contribution in [2.24, 2.45) is 0 Å². The van der Waals surface area contributed by atoms with Gasteiger partial charge in [0.1, 0.15) is 5.69 Å². The number of hydrogen-bond donors (Lipinski definition) is 2. The lowest BCUT2D eigenvalue weighted by Gasteiger charge is -2.31. The molecule has 108 valence electrons. The lowest BCUT2D eigenvalue weighted by molar-refractivity contribution is 0.0704. The molecule has 1 atom stereocenters. The Morgan fingerprint density at radius 1 is 1.35 bits per heavy atom. The Morgan fingerprint density at radius 3 is 2.90 bits per heavy atom. The highest BCUT2D eigenvalue weighted by atomic mass is 35.5. The summed E-state index contributed by atoms with van der Waals surface area (Å²) in [6.45, 7) is 6.57. The summed E-state index contributed by atoms with van der Waals surface area (Å²) in [5.41, 5.74) is 2.92. The number of piperazine rings is 1. The highest BCUT2D eigenvalue weighted by Gasteiger charge is 2.22. The number of aromatic amines is 1. The Hall–Kier alpha value is -1.52. The Kier molecular flexibility index (Phi) is 4.35. The molecule has 0 radical (unpaired) electrons. The molecule has 1 amide bonds. The predicted molar refractivity (Wildman–Crippen MR) is 83.7 cm³/mol. The zero-order chi connectivity index (χ0) is 13.4. The average molecular weight is 294 g/mol. The van der Waals surface area contributed by atoms with Crippen LogP contribution in [-0.2, 0) is 0 Å². The summed E-state index contributed by atoms with van der Waals surface area (Å²) < 4.78 is 0. The van der Waals surface area contributed by atoms with Crippen molar-refractivity contribution in [2.45, 2.75) is 19.9 Å². The van der Waals surface area contributed by atoms with Crippen LogP contribution < -0.4 is 5.32 Å². The SMILES string of the molecule is Cc1ccc2cc(C(=O)N3CCN[C@H](C)C3)[nH]c2c1.Cl. The summed E-state index contributed by atoms with van der Waals surface area (Å²) in [6, 6.07) is 8.51. The molecule has 5 heteroatoms. The van der Waals surface area contributed by atoms with Crippen LogP contribution in [0.1, 0.15) is 23.0 Å². The van der Waals surface area contributed by atoms with E-state index in [1.807, 2.05) is 11.0 Å². The molecule has 1 fully saturated rings. The molecule has 2 heterocycles. The normalized spacial score (nSPS) is 18.9. The van der Waals surface area contributed by atoms with E-state index in [9.17, 15) is 4.79 Å². The highest BCUT2D eigenvalue weighted by Crippen LogP contribution is 2.18. The fourth-order valence-corrected chi connectivity index (χ4v) is 2.64. The van der Waals surface area contributed by atoms with E-state index < -0.39 is 0 Å². The van der Waals surface area contributed by atoms with Gasteiger partial charge in [0, 0.05) is 36.6 Å². The van der Waals surface area contributed by atoms with Crippen molar-refractivity contribution in [1.29, 1.82) is 0 Å². The first kappa shape index (κ1) is 14.9. The zero-order valence-electron chi connectivity index (χ0n) is 11.8. The van der Waals surface area contributed by atoms with Crippen molar-refractivity contribution in [3.8, 4) is 0 Å². The summed E-state index contributed by atoms with van der Waals surface area (Å²) >= 11 is 0. The topological polar surface area (TPSA) is 48.1 Å². The molecule has 0 aliphatic carbocycles. The first-order valence-electron chi connectivity index (χ1n) is 6.75. The van der Waals surface area contributed by atoms with E-state index in [-0.39, 0.29) is 18.3 Å². The number of carbonyl (C=O) groups excluding carboxylic acids is 1. The number of nitrogens with zero attached hydrogens (tertiary/aromatic N) is 1. The summed E-state index contributed by atoms with van der Waals surface area (Å²) in [4.78, 5) is 17.6. The van der Waals surface area contributed by atoms with Crippen molar-refractivity contribution in [2.75, 3.05) is 19.6 Å². The fraction of sp³-hybridized carbons (Fsp3) is 0.400. The lowest BCUT2D eigenvalue weighted by Crippen LogP contribution is -2.51. The van der Waals surface area contributed by atoms with Crippen LogP contribution >= 0.6 is 12.4 Å². The van der Waals surface area contributed by atoms with E-state index in [4.69, 9.17) is 0 Å². The Bertz CT molecular complexity index is 623. The third-order valence-electron chi connectivity index (χ3n) is 3.66. The number of fused-ring (bicyclic) bond motifs is 1. The van der Waals surface area contributed by atoms with Crippen LogP contribution in [0.3, 0.4) is 0 Å². The van der Waals surface area contributed by atoms with Crippen LogP contribution in [0.4, 0.5) is 0 Å². The molecular weight excluding hydrogens is 274 g/mol. The highest BCUT2D eigenvalue weighted by molar-refractivity contribution is 5.98. The van der Waals surface area contributed by atoms with Crippen molar-refractivity contribution in [3.63, 3.8) is 0 Å². The van der Waals surface area contributed by atoms with Crippen LogP contribution in [0.5, 0.6) is 0 Å². The number of hydrogen-bond acceptors (Lipinski definition) is 2. The van der Waals surface area contributed by atoms with Gasteiger partial charge in [0.15, 0.2) is 0 Å². The molecule has 2 aromatic rings. The fourth-order valence-electron chi connectivity index (χ4n) is 2.64. The van der Waals surface area contributed by atoms with E-state index >= 15 is 0 Å². The smallest absolute Gasteiger partial charge is 0.270 e. The van der Waals surface area contributed by atoms with Crippen LogP contribution in [-0.4, -0.2) is 41.5 Å². The van der Waals surface area contributed by atoms with Gasteiger partial charge >= 0.3 is 0 Å². The van der Waals surface area contributed by atoms with E-state index in [2.05, 4.69) is 42.3 Å². The number of aryl methyl sites for hydroxylation is 1. The average Bonchev–Trinajstić information content (AvgIpc) is 2.80. The van der Waals surface area contributed by atoms with Crippen LogP contribution in [0, 0.1) is 6.92 Å². The Balaban J connectivity index is 0.00000147. The number of nitrogens with one attached hydrogen (secondary N) is 2. The van der Waals surface area contributed by atoms with Gasteiger partial charge in [-0.2, -0.15) is 0 Å². The van der Waals surface area contributed by atoms with Gasteiger partial charge in [-0.3, -0.25) is 4.79 Å². The standard InChI is InChI=1S/C15H19N3O.ClH/c1-10-3-4-12-8-14(17-13(12)7-10)15(19)18-6-5-16-11(2)9-18;/h3-4,7-8,11,16-17H,5-6,9H2,1-2H3;1H/t11-;/m1./s1. The second-order valence-corrected chi connectivity index (χ2v) is 5.38. The maximum atomic E-state index is 12.5. The predicted octanol–water partition coefficient (Wildman–Crippen LogP) is 2.33. The van der Waals surface area contributed by atoms with Gasteiger partial charge in [0.25, 0.3) is 5.91 Å². The molecule has 1 aromatic carbocycles. The van der Waals surface area contributed by atoms with Crippen LogP contribution in [0.2, 0.25) is 0 Å². The molecule has 1 aliphatic heterocycles. The molecule has 0 bridgehead atoms. The Morgan fingerprint density at radius 2 is 2.15 bits per heavy atom. The molecular formula is C15H20ClN3O. The minimum absolute atomic E-state index is 0. The monoisotopic (exact) mass is 293 g/mol. The van der Waals surface area contributed by atoms with Gasteiger partial charge in [0.05, 0.1) is 0 Å². The maximum Gasteiger partial charge on any atom is 0.270 e. The summed E-state index contributed by atoms with van der Waals surface area (Å²) in [5, 5.41) is 4.44. The third-order valence-corrected chi connectivity index (χ3v) is 3.66.